The zero-order chi connectivity index (χ0) is 19.2. The maximum absolute atomic E-state index is 12.4. The van der Waals surface area contributed by atoms with Gasteiger partial charge in [0.1, 0.15) is 0 Å². The van der Waals surface area contributed by atoms with E-state index in [9.17, 15) is 4.79 Å². The van der Waals surface area contributed by atoms with Crippen LogP contribution in [0.3, 0.4) is 0 Å². The summed E-state index contributed by atoms with van der Waals surface area (Å²) in [5, 5.41) is 8.92. The number of nitrogens with one attached hydrogen (secondary N) is 1. The fourth-order valence-corrected chi connectivity index (χ4v) is 4.14. The molecule has 0 saturated carbocycles. The molecule has 7 heteroatoms. The first-order chi connectivity index (χ1) is 13.8. The smallest absolute Gasteiger partial charge is 0.227 e. The zero-order valence-corrected chi connectivity index (χ0v) is 16.5. The van der Waals surface area contributed by atoms with Gasteiger partial charge in [-0.15, -0.1) is 11.3 Å². The molecular formula is C21H17N3O2S2. The number of para-hydroxylation sites is 1. The summed E-state index contributed by atoms with van der Waals surface area (Å²) >= 11 is 3.17. The third-order valence-corrected chi connectivity index (χ3v) is 5.86. The Labute approximate surface area is 170 Å². The van der Waals surface area contributed by atoms with Gasteiger partial charge in [0.05, 0.1) is 10.6 Å². The van der Waals surface area contributed by atoms with Crippen LogP contribution in [0, 0.1) is 0 Å². The molecule has 0 aliphatic rings. The predicted octanol–water partition coefficient (Wildman–Crippen LogP) is 5.52. The molecular weight excluding hydrogens is 390 g/mol. The van der Waals surface area contributed by atoms with Crippen molar-refractivity contribution in [3.05, 3.63) is 78.0 Å². The predicted molar refractivity (Wildman–Crippen MR) is 112 cm³/mol. The second-order valence-electron chi connectivity index (χ2n) is 5.95. The van der Waals surface area contributed by atoms with Crippen molar-refractivity contribution in [3.8, 4) is 10.7 Å². The lowest BCUT2D eigenvalue weighted by atomic mass is 10.2. The van der Waals surface area contributed by atoms with Crippen molar-refractivity contribution in [2.75, 3.05) is 5.32 Å². The van der Waals surface area contributed by atoms with Gasteiger partial charge in [-0.3, -0.25) is 4.79 Å². The van der Waals surface area contributed by atoms with Crippen molar-refractivity contribution >= 4 is 34.7 Å². The summed E-state index contributed by atoms with van der Waals surface area (Å²) in [6.45, 7) is 0. The SMILES string of the molecule is O=C(CCc1nc(-c2cccs2)no1)Nc1ccccc1Sc1ccccc1. The van der Waals surface area contributed by atoms with Crippen molar-refractivity contribution in [3.63, 3.8) is 0 Å². The van der Waals surface area contributed by atoms with Gasteiger partial charge in [-0.25, -0.2) is 0 Å². The molecule has 2 aromatic heterocycles. The number of aromatic nitrogens is 2. The third kappa shape index (κ3) is 4.68. The summed E-state index contributed by atoms with van der Waals surface area (Å²) < 4.78 is 5.25. The van der Waals surface area contributed by atoms with Crippen LogP contribution in [0.1, 0.15) is 12.3 Å². The second kappa shape index (κ2) is 8.86. The van der Waals surface area contributed by atoms with Gasteiger partial charge in [0, 0.05) is 22.6 Å². The Kier molecular flexibility index (Phi) is 5.84. The molecule has 28 heavy (non-hydrogen) atoms. The molecule has 2 aromatic carbocycles. The van der Waals surface area contributed by atoms with E-state index in [1.54, 1.807) is 23.1 Å². The number of hydrogen-bond donors (Lipinski definition) is 1. The van der Waals surface area contributed by atoms with Gasteiger partial charge >= 0.3 is 0 Å². The van der Waals surface area contributed by atoms with Crippen LogP contribution in [0.4, 0.5) is 5.69 Å². The summed E-state index contributed by atoms with van der Waals surface area (Å²) in [5.41, 5.74) is 0.797. The first-order valence-corrected chi connectivity index (χ1v) is 10.5. The Morgan fingerprint density at radius 2 is 1.86 bits per heavy atom. The van der Waals surface area contributed by atoms with E-state index in [2.05, 4.69) is 15.5 Å². The molecule has 1 N–H and O–H groups in total. The van der Waals surface area contributed by atoms with E-state index < -0.39 is 0 Å². The monoisotopic (exact) mass is 407 g/mol. The lowest BCUT2D eigenvalue weighted by Gasteiger charge is -2.10. The molecule has 140 valence electrons. The molecule has 0 bridgehead atoms. The standard InChI is InChI=1S/C21H17N3O2S2/c25-19(12-13-20-23-21(24-26-20)18-11-6-14-27-18)22-16-9-4-5-10-17(16)28-15-7-2-1-3-8-15/h1-11,14H,12-13H2,(H,22,25). The molecule has 0 aliphatic heterocycles. The molecule has 0 fully saturated rings. The van der Waals surface area contributed by atoms with E-state index in [0.29, 0.717) is 18.1 Å². The van der Waals surface area contributed by atoms with Crippen molar-refractivity contribution < 1.29 is 9.32 Å². The number of aryl methyl sites for hydroxylation is 1. The van der Waals surface area contributed by atoms with Crippen molar-refractivity contribution in [1.82, 2.24) is 10.1 Å². The van der Waals surface area contributed by atoms with E-state index in [1.165, 1.54) is 0 Å². The van der Waals surface area contributed by atoms with E-state index in [-0.39, 0.29) is 12.3 Å². The number of carbonyl (C=O) groups is 1. The van der Waals surface area contributed by atoms with Crippen molar-refractivity contribution in [2.45, 2.75) is 22.6 Å². The molecule has 0 saturated heterocycles. The number of hydrogen-bond acceptors (Lipinski definition) is 6. The van der Waals surface area contributed by atoms with Gasteiger partial charge in [-0.05, 0) is 35.7 Å². The minimum Gasteiger partial charge on any atom is -0.339 e. The Balaban J connectivity index is 1.36. The Morgan fingerprint density at radius 3 is 2.68 bits per heavy atom. The Hall–Kier alpha value is -2.90. The number of rotatable bonds is 7. The first kappa shape index (κ1) is 18.5. The van der Waals surface area contributed by atoms with Gasteiger partial charge in [-0.1, -0.05) is 53.3 Å². The molecule has 0 aliphatic carbocycles. The molecule has 2 heterocycles. The number of benzene rings is 2. The maximum Gasteiger partial charge on any atom is 0.227 e. The largest absolute Gasteiger partial charge is 0.339 e. The summed E-state index contributed by atoms with van der Waals surface area (Å²) in [6, 6.07) is 21.7. The highest BCUT2D eigenvalue weighted by Gasteiger charge is 2.12. The van der Waals surface area contributed by atoms with Gasteiger partial charge in [0.15, 0.2) is 0 Å². The quantitative estimate of drug-likeness (QED) is 0.437. The van der Waals surface area contributed by atoms with Crippen LogP contribution in [-0.2, 0) is 11.2 Å². The summed E-state index contributed by atoms with van der Waals surface area (Å²) in [5.74, 6) is 0.942. The van der Waals surface area contributed by atoms with Crippen LogP contribution >= 0.6 is 23.1 Å². The molecule has 5 nitrogen and oxygen atoms in total. The average Bonchev–Trinajstić information content (AvgIpc) is 3.40. The minimum atomic E-state index is -0.0861. The highest BCUT2D eigenvalue weighted by atomic mass is 32.2. The van der Waals surface area contributed by atoms with E-state index in [1.807, 2.05) is 72.1 Å². The van der Waals surface area contributed by atoms with Crippen LogP contribution in [-0.4, -0.2) is 16.0 Å². The lowest BCUT2D eigenvalue weighted by molar-refractivity contribution is -0.116. The van der Waals surface area contributed by atoms with Gasteiger partial charge < -0.3 is 9.84 Å². The van der Waals surface area contributed by atoms with Crippen molar-refractivity contribution in [2.24, 2.45) is 0 Å². The average molecular weight is 408 g/mol. The highest BCUT2D eigenvalue weighted by Crippen LogP contribution is 2.33. The topological polar surface area (TPSA) is 68.0 Å². The van der Waals surface area contributed by atoms with E-state index in [4.69, 9.17) is 4.52 Å². The zero-order valence-electron chi connectivity index (χ0n) is 14.9. The van der Waals surface area contributed by atoms with Crippen LogP contribution in [0.15, 0.2) is 86.4 Å². The minimum absolute atomic E-state index is 0.0861. The van der Waals surface area contributed by atoms with Crippen LogP contribution in [0.2, 0.25) is 0 Å². The van der Waals surface area contributed by atoms with Gasteiger partial charge in [-0.2, -0.15) is 4.98 Å². The molecule has 4 aromatic rings. The van der Waals surface area contributed by atoms with Crippen LogP contribution in [0.5, 0.6) is 0 Å². The fourth-order valence-electron chi connectivity index (χ4n) is 2.57. The number of nitrogens with zero attached hydrogens (tertiary/aromatic N) is 2. The molecule has 4 rings (SSSR count). The molecule has 0 radical (unpaired) electrons. The summed E-state index contributed by atoms with van der Waals surface area (Å²) in [6.07, 6.45) is 0.675. The second-order valence-corrected chi connectivity index (χ2v) is 8.01. The lowest BCUT2D eigenvalue weighted by Crippen LogP contribution is -2.13. The number of amides is 1. The van der Waals surface area contributed by atoms with Crippen LogP contribution < -0.4 is 5.32 Å². The third-order valence-electron chi connectivity index (χ3n) is 3.91. The highest BCUT2D eigenvalue weighted by molar-refractivity contribution is 7.99. The number of anilines is 1. The van der Waals surface area contributed by atoms with Gasteiger partial charge in [0.2, 0.25) is 17.6 Å². The number of thiophene rings is 1. The maximum atomic E-state index is 12.4. The first-order valence-electron chi connectivity index (χ1n) is 8.76. The molecule has 0 spiro atoms. The molecule has 0 unspecified atom stereocenters. The Bertz CT molecular complexity index is 1050. The van der Waals surface area contributed by atoms with E-state index >= 15 is 0 Å². The van der Waals surface area contributed by atoms with Gasteiger partial charge in [0.25, 0.3) is 0 Å². The van der Waals surface area contributed by atoms with Crippen molar-refractivity contribution in [1.29, 1.82) is 0 Å². The molecule has 0 atom stereocenters. The fraction of sp³-hybridized carbons (Fsp3) is 0.0952. The normalized spacial score (nSPS) is 10.7. The molecule has 1 amide bonds. The summed E-state index contributed by atoms with van der Waals surface area (Å²) in [7, 11) is 0. The van der Waals surface area contributed by atoms with Crippen LogP contribution in [0.25, 0.3) is 10.7 Å². The number of carbonyl (C=O) groups excluding carboxylic acids is 1. The Morgan fingerprint density at radius 1 is 1.04 bits per heavy atom. The van der Waals surface area contributed by atoms with E-state index in [0.717, 1.165) is 20.4 Å². The summed E-state index contributed by atoms with van der Waals surface area (Å²) in [4.78, 5) is 19.8.